The maximum absolute atomic E-state index is 9.39. The van der Waals surface area contributed by atoms with Crippen molar-refractivity contribution in [3.05, 3.63) is 203 Å². The molecule has 8 aromatic rings. The average Bonchev–Trinajstić information content (AvgIpc) is 3.53. The summed E-state index contributed by atoms with van der Waals surface area (Å²) in [6.07, 6.45) is 1.63. The van der Waals surface area contributed by atoms with Gasteiger partial charge in [-0.25, -0.2) is 19.9 Å². The second-order valence-electron chi connectivity index (χ2n) is 14.6. The SMILES string of the molecule is CC1(C)c2ccccc2C2(c3ccccc3-c3ccc(-c4cc(-c5cc(-c6ccccc6)nc(-c6ccc(C#N)cc6)n5)ncn4)cc32)c2ccccc21. The number of hydrogen-bond donors (Lipinski definition) is 0. The zero-order chi connectivity index (χ0) is 36.4. The lowest BCUT2D eigenvalue weighted by atomic mass is 9.55. The van der Waals surface area contributed by atoms with Crippen molar-refractivity contribution < 1.29 is 0 Å². The molecular formula is C49H33N5. The van der Waals surface area contributed by atoms with E-state index in [0.717, 1.165) is 28.1 Å². The van der Waals surface area contributed by atoms with Crippen LogP contribution in [0.2, 0.25) is 0 Å². The molecule has 5 nitrogen and oxygen atoms in total. The van der Waals surface area contributed by atoms with Crippen molar-refractivity contribution in [3.63, 3.8) is 0 Å². The average molecular weight is 692 g/mol. The molecule has 2 aliphatic rings. The smallest absolute Gasteiger partial charge is 0.160 e. The Kier molecular flexibility index (Phi) is 7.05. The van der Waals surface area contributed by atoms with Crippen LogP contribution in [0.5, 0.6) is 0 Å². The normalized spacial score (nSPS) is 14.0. The topological polar surface area (TPSA) is 75.3 Å². The Morgan fingerprint density at radius 1 is 0.444 bits per heavy atom. The van der Waals surface area contributed by atoms with Gasteiger partial charge in [-0.1, -0.05) is 129 Å². The van der Waals surface area contributed by atoms with Gasteiger partial charge in [0.2, 0.25) is 0 Å². The summed E-state index contributed by atoms with van der Waals surface area (Å²) in [7, 11) is 0. The monoisotopic (exact) mass is 691 g/mol. The predicted molar refractivity (Wildman–Crippen MR) is 214 cm³/mol. The number of rotatable bonds is 4. The van der Waals surface area contributed by atoms with Gasteiger partial charge in [-0.05, 0) is 87.0 Å². The quantitative estimate of drug-likeness (QED) is 0.184. The lowest BCUT2D eigenvalue weighted by Gasteiger charge is -2.46. The summed E-state index contributed by atoms with van der Waals surface area (Å²) in [5.74, 6) is 0.561. The van der Waals surface area contributed by atoms with E-state index < -0.39 is 5.41 Å². The van der Waals surface area contributed by atoms with Crippen LogP contribution in [0.25, 0.3) is 56.4 Å². The van der Waals surface area contributed by atoms with Crippen LogP contribution in [0.4, 0.5) is 0 Å². The summed E-state index contributed by atoms with van der Waals surface area (Å²) >= 11 is 0. The van der Waals surface area contributed by atoms with E-state index in [1.165, 1.54) is 44.5 Å². The van der Waals surface area contributed by atoms with E-state index in [2.05, 4.69) is 111 Å². The fraction of sp³-hybridized carbons (Fsp3) is 0.0816. The van der Waals surface area contributed by atoms with Crippen LogP contribution in [-0.2, 0) is 10.8 Å². The number of nitrogens with zero attached hydrogens (tertiary/aromatic N) is 5. The summed E-state index contributed by atoms with van der Waals surface area (Å²) in [5, 5.41) is 9.39. The van der Waals surface area contributed by atoms with E-state index in [1.54, 1.807) is 18.5 Å². The van der Waals surface area contributed by atoms with E-state index >= 15 is 0 Å². The molecule has 254 valence electrons. The van der Waals surface area contributed by atoms with Gasteiger partial charge in [-0.2, -0.15) is 5.26 Å². The molecule has 0 radical (unpaired) electrons. The van der Waals surface area contributed by atoms with Crippen molar-refractivity contribution in [2.75, 3.05) is 0 Å². The van der Waals surface area contributed by atoms with E-state index in [9.17, 15) is 5.26 Å². The van der Waals surface area contributed by atoms with Gasteiger partial charge in [0, 0.05) is 22.1 Å². The molecule has 54 heavy (non-hydrogen) atoms. The third-order valence-corrected chi connectivity index (χ3v) is 11.3. The van der Waals surface area contributed by atoms with E-state index in [-0.39, 0.29) is 5.41 Å². The van der Waals surface area contributed by atoms with Gasteiger partial charge >= 0.3 is 0 Å². The minimum Gasteiger partial charge on any atom is -0.236 e. The highest BCUT2D eigenvalue weighted by atomic mass is 14.9. The van der Waals surface area contributed by atoms with Gasteiger partial charge in [0.05, 0.1) is 39.8 Å². The highest BCUT2D eigenvalue weighted by molar-refractivity contribution is 5.90. The Morgan fingerprint density at radius 2 is 1.00 bits per heavy atom. The van der Waals surface area contributed by atoms with Crippen LogP contribution in [0.1, 0.15) is 52.8 Å². The van der Waals surface area contributed by atoms with Crippen molar-refractivity contribution in [3.8, 4) is 62.5 Å². The van der Waals surface area contributed by atoms with Gasteiger partial charge in [-0.3, -0.25) is 0 Å². The van der Waals surface area contributed by atoms with Crippen molar-refractivity contribution >= 4 is 0 Å². The minimum atomic E-state index is -0.492. The standard InChI is InChI=1S/C49H33N5/c1-48(2)38-16-8-10-18-40(38)49(41-19-11-9-17-39(41)48)37-15-7-6-14-35(37)36-25-24-34(26-42(36)49)43-27-45(52-30-51-43)46-28-44(32-12-4-3-5-13-32)53-47(54-46)33-22-20-31(29-50)21-23-33/h3-28,30H,1-2H3. The Labute approximate surface area is 314 Å². The minimum absolute atomic E-state index is 0.165. The third kappa shape index (κ3) is 4.63. The molecule has 0 atom stereocenters. The second-order valence-corrected chi connectivity index (χ2v) is 14.6. The number of benzene rings is 6. The van der Waals surface area contributed by atoms with Gasteiger partial charge in [-0.15, -0.1) is 0 Å². The highest BCUT2D eigenvalue weighted by Crippen LogP contribution is 2.62. The van der Waals surface area contributed by atoms with E-state index in [0.29, 0.717) is 22.8 Å². The molecule has 0 N–H and O–H groups in total. The molecule has 10 rings (SSSR count). The molecule has 0 bridgehead atoms. The first kappa shape index (κ1) is 31.7. The van der Waals surface area contributed by atoms with Gasteiger partial charge in [0.25, 0.3) is 0 Å². The highest BCUT2D eigenvalue weighted by Gasteiger charge is 2.53. The zero-order valence-corrected chi connectivity index (χ0v) is 29.8. The Bertz CT molecular complexity index is 2760. The van der Waals surface area contributed by atoms with E-state index in [1.807, 2.05) is 54.6 Å². The fourth-order valence-electron chi connectivity index (χ4n) is 8.83. The first-order valence-electron chi connectivity index (χ1n) is 18.2. The maximum atomic E-state index is 9.39. The molecule has 0 aliphatic heterocycles. The molecule has 5 heteroatoms. The summed E-state index contributed by atoms with van der Waals surface area (Å²) in [6.45, 7) is 4.70. The molecule has 0 unspecified atom stereocenters. The Balaban J connectivity index is 1.16. The molecule has 2 heterocycles. The summed E-state index contributed by atoms with van der Waals surface area (Å²) < 4.78 is 0. The molecule has 1 spiro atoms. The summed E-state index contributed by atoms with van der Waals surface area (Å²) in [4.78, 5) is 19.6. The molecule has 0 saturated heterocycles. The van der Waals surface area contributed by atoms with Crippen molar-refractivity contribution in [2.24, 2.45) is 0 Å². The van der Waals surface area contributed by atoms with Crippen LogP contribution in [0, 0.1) is 11.3 Å². The molecule has 0 fully saturated rings. The van der Waals surface area contributed by atoms with Gasteiger partial charge in [0.1, 0.15) is 6.33 Å². The molecule has 2 aromatic heterocycles. The van der Waals surface area contributed by atoms with Crippen molar-refractivity contribution in [1.82, 2.24) is 19.9 Å². The lowest BCUT2D eigenvalue weighted by Crippen LogP contribution is -2.40. The molecule has 6 aromatic carbocycles. The van der Waals surface area contributed by atoms with E-state index in [4.69, 9.17) is 19.9 Å². The van der Waals surface area contributed by atoms with Gasteiger partial charge in [0.15, 0.2) is 5.82 Å². The molecule has 0 saturated carbocycles. The Hall–Kier alpha value is -7.03. The maximum Gasteiger partial charge on any atom is 0.160 e. The largest absolute Gasteiger partial charge is 0.236 e. The first-order chi connectivity index (χ1) is 26.5. The number of hydrogen-bond acceptors (Lipinski definition) is 5. The molecular weight excluding hydrogens is 659 g/mol. The van der Waals surface area contributed by atoms with Crippen molar-refractivity contribution in [2.45, 2.75) is 24.7 Å². The molecule has 2 aliphatic carbocycles. The summed E-state index contributed by atoms with van der Waals surface area (Å²) in [5.41, 5.74) is 16.1. The van der Waals surface area contributed by atoms with Crippen molar-refractivity contribution in [1.29, 1.82) is 5.26 Å². The zero-order valence-electron chi connectivity index (χ0n) is 29.8. The van der Waals surface area contributed by atoms with Gasteiger partial charge < -0.3 is 0 Å². The van der Waals surface area contributed by atoms with Crippen LogP contribution >= 0.6 is 0 Å². The Morgan fingerprint density at radius 3 is 1.70 bits per heavy atom. The van der Waals surface area contributed by atoms with Crippen LogP contribution in [0.15, 0.2) is 164 Å². The second kappa shape index (κ2) is 12.0. The number of fused-ring (bicyclic) bond motifs is 9. The number of aromatic nitrogens is 4. The summed E-state index contributed by atoms with van der Waals surface area (Å²) in [6, 6.07) is 57.4. The lowest BCUT2D eigenvalue weighted by molar-refractivity contribution is 0.563. The van der Waals surface area contributed by atoms with Crippen LogP contribution in [-0.4, -0.2) is 19.9 Å². The third-order valence-electron chi connectivity index (χ3n) is 11.3. The predicted octanol–water partition coefficient (Wildman–Crippen LogP) is 10.8. The molecule has 0 amide bonds. The fourth-order valence-corrected chi connectivity index (χ4v) is 8.83. The van der Waals surface area contributed by atoms with Crippen LogP contribution in [0.3, 0.4) is 0 Å². The number of nitriles is 1. The first-order valence-corrected chi connectivity index (χ1v) is 18.2. The van der Waals surface area contributed by atoms with Crippen LogP contribution < -0.4 is 0 Å².